The molecule has 9 heteroatoms. The molecule has 5 rings (SSSR count). The minimum atomic E-state index is -0.885. The number of anilines is 1. The Morgan fingerprint density at radius 1 is 1.09 bits per heavy atom. The number of hydrogen-bond acceptors (Lipinski definition) is 5. The van der Waals surface area contributed by atoms with E-state index in [-0.39, 0.29) is 36.8 Å². The fraction of sp³-hybridized carbons (Fsp3) is 0.472. The standard InChI is InChI=1S/C36H44ClN3O4S/c1-6-20-38(22-25-14-10-9-11-15-25)32(42)29-30-33(43)40(28(23-41)24(4)8-3)31(36(30)19-18-35(29,5)45-36)34(44)39(21-7-2)27-17-13-12-16-26(27)37/h6-7,9-17,24,28-31,41H,1-2,8,18-23H2,3-5H3/t24-,28-,29-,30-,31?,35+,36?/m0/s1. The van der Waals surface area contributed by atoms with Gasteiger partial charge in [-0.15, -0.1) is 24.9 Å². The summed E-state index contributed by atoms with van der Waals surface area (Å²) in [6.07, 6.45) is 5.40. The van der Waals surface area contributed by atoms with Gasteiger partial charge in [0.1, 0.15) is 6.04 Å². The molecule has 45 heavy (non-hydrogen) atoms. The number of nitrogens with zero attached hydrogens (tertiary/aromatic N) is 3. The topological polar surface area (TPSA) is 81.2 Å². The van der Waals surface area contributed by atoms with E-state index in [2.05, 4.69) is 20.1 Å². The van der Waals surface area contributed by atoms with Gasteiger partial charge in [-0.3, -0.25) is 14.4 Å². The SMILES string of the molecule is C=CCN(Cc1ccccc1)C(=O)[C@@H]1[C@H]2C(=O)N([C@@H](CO)[C@@H](C)CC)C(C(=O)N(CC=C)c3ccccc3Cl)C23CC[C@@]1(C)S3. The summed E-state index contributed by atoms with van der Waals surface area (Å²) in [4.78, 5) is 49.6. The first-order chi connectivity index (χ1) is 21.6. The van der Waals surface area contributed by atoms with Crippen molar-refractivity contribution in [3.8, 4) is 0 Å². The smallest absolute Gasteiger partial charge is 0.251 e. The zero-order valence-corrected chi connectivity index (χ0v) is 28.0. The van der Waals surface area contributed by atoms with Crippen molar-refractivity contribution in [3.63, 3.8) is 0 Å². The van der Waals surface area contributed by atoms with E-state index in [0.717, 1.165) is 5.56 Å². The largest absolute Gasteiger partial charge is 0.394 e. The summed E-state index contributed by atoms with van der Waals surface area (Å²) in [5.74, 6) is -1.99. The Balaban J connectivity index is 1.62. The number of carbonyl (C=O) groups is 3. The average molecular weight is 650 g/mol. The van der Waals surface area contributed by atoms with Gasteiger partial charge in [-0.05, 0) is 43.4 Å². The van der Waals surface area contributed by atoms with E-state index in [4.69, 9.17) is 11.6 Å². The number of hydrogen-bond donors (Lipinski definition) is 1. The van der Waals surface area contributed by atoms with Gasteiger partial charge in [0.15, 0.2) is 0 Å². The summed E-state index contributed by atoms with van der Waals surface area (Å²) in [7, 11) is 0. The first kappa shape index (κ1) is 33.3. The third kappa shape index (κ3) is 5.63. The monoisotopic (exact) mass is 649 g/mol. The normalized spacial score (nSPS) is 28.0. The van der Waals surface area contributed by atoms with Gasteiger partial charge in [-0.1, -0.05) is 86.5 Å². The average Bonchev–Trinajstić information content (AvgIpc) is 3.61. The van der Waals surface area contributed by atoms with E-state index in [9.17, 15) is 19.5 Å². The Kier molecular flexibility index (Phi) is 9.87. The van der Waals surface area contributed by atoms with Crippen molar-refractivity contribution in [1.29, 1.82) is 0 Å². The van der Waals surface area contributed by atoms with Gasteiger partial charge < -0.3 is 19.8 Å². The highest BCUT2D eigenvalue weighted by atomic mass is 35.5. The number of fused-ring (bicyclic) bond motifs is 1. The second kappa shape index (κ2) is 13.3. The quantitative estimate of drug-likeness (QED) is 0.271. The molecule has 7 nitrogen and oxygen atoms in total. The van der Waals surface area contributed by atoms with Crippen LogP contribution in [0.15, 0.2) is 79.9 Å². The van der Waals surface area contributed by atoms with Crippen molar-refractivity contribution in [2.45, 2.75) is 68.2 Å². The number of thioether (sulfide) groups is 1. The Morgan fingerprint density at radius 3 is 2.38 bits per heavy atom. The van der Waals surface area contributed by atoms with Crippen molar-refractivity contribution in [1.82, 2.24) is 9.80 Å². The number of aliphatic hydroxyl groups excluding tert-OH is 1. The summed E-state index contributed by atoms with van der Waals surface area (Å²) in [5, 5.41) is 11.2. The number of aliphatic hydroxyl groups is 1. The molecule has 0 saturated carbocycles. The van der Waals surface area contributed by atoms with E-state index in [0.29, 0.717) is 43.1 Å². The Morgan fingerprint density at radius 2 is 1.76 bits per heavy atom. The van der Waals surface area contributed by atoms with Crippen LogP contribution in [0.2, 0.25) is 5.02 Å². The molecule has 1 N–H and O–H groups in total. The molecular weight excluding hydrogens is 606 g/mol. The first-order valence-electron chi connectivity index (χ1n) is 15.8. The maximum Gasteiger partial charge on any atom is 0.251 e. The summed E-state index contributed by atoms with van der Waals surface area (Å²) < 4.78 is -1.37. The van der Waals surface area contributed by atoms with Crippen LogP contribution in [0.5, 0.6) is 0 Å². The number of para-hydroxylation sites is 1. The molecule has 3 aliphatic rings. The predicted octanol–water partition coefficient (Wildman–Crippen LogP) is 5.96. The minimum Gasteiger partial charge on any atom is -0.394 e. The van der Waals surface area contributed by atoms with Gasteiger partial charge in [-0.25, -0.2) is 0 Å². The van der Waals surface area contributed by atoms with E-state index in [1.165, 1.54) is 0 Å². The lowest BCUT2D eigenvalue weighted by Crippen LogP contribution is -2.58. The van der Waals surface area contributed by atoms with E-state index < -0.39 is 33.4 Å². The predicted molar refractivity (Wildman–Crippen MR) is 182 cm³/mol. The number of amides is 3. The van der Waals surface area contributed by atoms with Gasteiger partial charge in [0, 0.05) is 24.4 Å². The molecule has 1 spiro atoms. The van der Waals surface area contributed by atoms with Crippen molar-refractivity contribution in [3.05, 3.63) is 90.5 Å². The number of benzene rings is 2. The van der Waals surface area contributed by atoms with E-state index >= 15 is 0 Å². The third-order valence-corrected chi connectivity index (χ3v) is 12.5. The van der Waals surface area contributed by atoms with Crippen molar-refractivity contribution in [2.75, 3.05) is 24.6 Å². The molecule has 3 amide bonds. The fourth-order valence-corrected chi connectivity index (χ4v) is 10.4. The maximum absolute atomic E-state index is 15.0. The van der Waals surface area contributed by atoms with Gasteiger partial charge >= 0.3 is 0 Å². The van der Waals surface area contributed by atoms with E-state index in [1.807, 2.05) is 56.3 Å². The van der Waals surface area contributed by atoms with Crippen LogP contribution in [-0.4, -0.2) is 73.9 Å². The third-order valence-electron chi connectivity index (χ3n) is 10.2. The highest BCUT2D eigenvalue weighted by Gasteiger charge is 2.78. The molecule has 2 bridgehead atoms. The van der Waals surface area contributed by atoms with Gasteiger partial charge in [0.25, 0.3) is 5.91 Å². The minimum absolute atomic E-state index is 0.0695. The van der Waals surface area contributed by atoms with Crippen LogP contribution < -0.4 is 4.90 Å². The van der Waals surface area contributed by atoms with Crippen molar-refractivity contribution in [2.24, 2.45) is 17.8 Å². The van der Waals surface area contributed by atoms with Crippen LogP contribution in [-0.2, 0) is 20.9 Å². The van der Waals surface area contributed by atoms with Gasteiger partial charge in [-0.2, -0.15) is 0 Å². The summed E-state index contributed by atoms with van der Waals surface area (Å²) >= 11 is 8.26. The van der Waals surface area contributed by atoms with Crippen LogP contribution in [0.4, 0.5) is 5.69 Å². The molecule has 2 unspecified atom stereocenters. The number of likely N-dealkylation sites (tertiary alicyclic amines) is 1. The summed E-state index contributed by atoms with van der Waals surface area (Å²) in [6.45, 7) is 14.6. The molecule has 0 aliphatic carbocycles. The van der Waals surface area contributed by atoms with Crippen LogP contribution in [0.1, 0.15) is 45.6 Å². The lowest BCUT2D eigenvalue weighted by atomic mass is 9.66. The fourth-order valence-electron chi connectivity index (χ4n) is 7.83. The van der Waals surface area contributed by atoms with Gasteiger partial charge in [0.05, 0.1) is 39.9 Å². The number of carbonyl (C=O) groups excluding carboxylic acids is 3. The van der Waals surface area contributed by atoms with Crippen LogP contribution in [0.3, 0.4) is 0 Å². The molecule has 7 atom stereocenters. The molecule has 0 aromatic heterocycles. The molecular formula is C36H44ClN3O4S. The second-order valence-corrected chi connectivity index (χ2v) is 15.1. The highest BCUT2D eigenvalue weighted by Crippen LogP contribution is 2.72. The van der Waals surface area contributed by atoms with Crippen LogP contribution in [0, 0.1) is 17.8 Å². The lowest BCUT2D eigenvalue weighted by Gasteiger charge is -2.41. The van der Waals surface area contributed by atoms with Crippen LogP contribution >= 0.6 is 23.4 Å². The highest BCUT2D eigenvalue weighted by molar-refractivity contribution is 8.02. The van der Waals surface area contributed by atoms with E-state index in [1.54, 1.807) is 50.7 Å². The molecule has 240 valence electrons. The Bertz CT molecular complexity index is 1450. The molecule has 3 heterocycles. The molecule has 3 saturated heterocycles. The van der Waals surface area contributed by atoms with Gasteiger partial charge in [0.2, 0.25) is 11.8 Å². The second-order valence-electron chi connectivity index (χ2n) is 12.8. The maximum atomic E-state index is 15.0. The molecule has 3 aliphatic heterocycles. The number of rotatable bonds is 13. The first-order valence-corrected chi connectivity index (χ1v) is 17.0. The zero-order chi connectivity index (χ0) is 32.5. The molecule has 3 fully saturated rings. The summed E-state index contributed by atoms with van der Waals surface area (Å²) in [6, 6.07) is 15.5. The van der Waals surface area contributed by atoms with Crippen molar-refractivity contribution < 1.29 is 19.5 Å². The lowest BCUT2D eigenvalue weighted by molar-refractivity contribution is -0.147. The Labute approximate surface area is 276 Å². The van der Waals surface area contributed by atoms with Crippen LogP contribution in [0.25, 0.3) is 0 Å². The number of halogens is 1. The Hall–Kier alpha value is -3.07. The molecule has 2 aromatic rings. The van der Waals surface area contributed by atoms with Crippen molar-refractivity contribution >= 4 is 46.8 Å². The zero-order valence-electron chi connectivity index (χ0n) is 26.4. The molecule has 0 radical (unpaired) electrons. The summed E-state index contributed by atoms with van der Waals surface area (Å²) in [5.41, 5.74) is 1.53. The molecule has 2 aromatic carbocycles.